The largest absolute Gasteiger partial charge is 0.317 e. The Morgan fingerprint density at radius 2 is 1.36 bits per heavy atom. The van der Waals surface area contributed by atoms with Crippen molar-refractivity contribution in [1.29, 1.82) is 0 Å². The van der Waals surface area contributed by atoms with Crippen molar-refractivity contribution in [3.05, 3.63) is 205 Å². The number of imidazole rings is 2. The summed E-state index contributed by atoms with van der Waals surface area (Å²) in [5.41, 5.74) is 18.1. The zero-order valence-electron chi connectivity index (χ0n) is 36.9. The summed E-state index contributed by atoms with van der Waals surface area (Å²) in [6.07, 6.45) is 30.1. The number of hydrogen-bond donors (Lipinski definition) is 0. The number of pyridine rings is 1. The van der Waals surface area contributed by atoms with E-state index in [9.17, 15) is 0 Å². The highest BCUT2D eigenvalue weighted by Crippen LogP contribution is 2.45. The number of allylic oxidation sites excluding steroid dienone is 13. The molecule has 5 nitrogen and oxygen atoms in total. The third-order valence-electron chi connectivity index (χ3n) is 14.2. The molecule has 1 unspecified atom stereocenters. The van der Waals surface area contributed by atoms with E-state index < -0.39 is 0 Å². The van der Waals surface area contributed by atoms with E-state index in [4.69, 9.17) is 15.0 Å². The minimum absolute atomic E-state index is 0.141. The highest BCUT2D eigenvalue weighted by atomic mass is 15.1. The van der Waals surface area contributed by atoms with E-state index in [2.05, 4.69) is 210 Å². The summed E-state index contributed by atoms with van der Waals surface area (Å²) in [5, 5.41) is 3.55. The van der Waals surface area contributed by atoms with Crippen LogP contribution < -0.4 is 0 Å². The SMILES string of the molecule is CC1=Cc2c(nc3c(ccc4ccccc43)c2-c2ccc(-c3cc(-c4nc5ccccc5n4C4=CC=CCC4)cc(-c4nc5ccccc5n4C4C=CC=CC4)c3)cc2)C2=C[C@@H]1CCC=C2. The van der Waals surface area contributed by atoms with Gasteiger partial charge in [-0.1, -0.05) is 151 Å². The van der Waals surface area contributed by atoms with Crippen molar-refractivity contribution in [3.8, 4) is 45.0 Å². The van der Waals surface area contributed by atoms with Crippen molar-refractivity contribution in [2.75, 3.05) is 0 Å². The van der Waals surface area contributed by atoms with Crippen molar-refractivity contribution in [1.82, 2.24) is 24.1 Å². The molecule has 5 heteroatoms. The smallest absolute Gasteiger partial charge is 0.145 e. The number of hydrogen-bond acceptors (Lipinski definition) is 3. The summed E-state index contributed by atoms with van der Waals surface area (Å²) in [6, 6.07) is 46.7. The average Bonchev–Trinajstić information content (AvgIpc) is 3.82. The van der Waals surface area contributed by atoms with Crippen LogP contribution in [0.15, 0.2) is 194 Å². The fraction of sp³-hybridized carbons (Fsp3) is 0.131. The van der Waals surface area contributed by atoms with Gasteiger partial charge < -0.3 is 4.57 Å². The number of rotatable bonds is 6. The molecule has 0 N–H and O–H groups in total. The first-order chi connectivity index (χ1) is 32.6. The van der Waals surface area contributed by atoms with Gasteiger partial charge in [0.25, 0.3) is 0 Å². The van der Waals surface area contributed by atoms with Crippen LogP contribution in [0.3, 0.4) is 0 Å². The Balaban J connectivity index is 1.03. The van der Waals surface area contributed by atoms with E-state index in [1.54, 1.807) is 0 Å². The molecule has 66 heavy (non-hydrogen) atoms. The number of nitrogens with zero attached hydrogens (tertiary/aromatic N) is 5. The van der Waals surface area contributed by atoms with E-state index in [0.717, 1.165) is 99.3 Å². The summed E-state index contributed by atoms with van der Waals surface area (Å²) < 4.78 is 4.81. The third-order valence-corrected chi connectivity index (χ3v) is 14.2. The quantitative estimate of drug-likeness (QED) is 0.157. The highest BCUT2D eigenvalue weighted by Gasteiger charge is 2.26. The van der Waals surface area contributed by atoms with Crippen LogP contribution in [0.4, 0.5) is 0 Å². The monoisotopic (exact) mass is 849 g/mol. The second-order valence-corrected chi connectivity index (χ2v) is 18.2. The molecule has 0 spiro atoms. The molecule has 2 bridgehead atoms. The summed E-state index contributed by atoms with van der Waals surface area (Å²) in [5.74, 6) is 2.27. The molecule has 2 atom stereocenters. The standard InChI is InChI=1S/C61H47N5/c1-39-34-52-57(51-33-32-41-16-10-11-23-50(41)59(51)64-58(52)44-18-9-8-17-43(39)35-44)42-30-28-40(29-31-42)45-36-46(60-62-53-24-12-14-26-55(53)65(60)48-19-4-2-5-20-48)38-47(37-45)61-63-54-25-13-15-27-56(54)66(61)49-21-6-3-7-22-49/h2-6,9-16,18-19,21,23-38,43,48H,7-8,17,20,22H2,1H3/t43-,48?/m0/s1. The van der Waals surface area contributed by atoms with Crippen LogP contribution in [-0.4, -0.2) is 24.1 Å². The second-order valence-electron chi connectivity index (χ2n) is 18.2. The van der Waals surface area contributed by atoms with E-state index >= 15 is 0 Å². The molecular weight excluding hydrogens is 803 g/mol. The Morgan fingerprint density at radius 3 is 2.20 bits per heavy atom. The van der Waals surface area contributed by atoms with Crippen molar-refractivity contribution >= 4 is 61.1 Å². The van der Waals surface area contributed by atoms with Gasteiger partial charge in [0.15, 0.2) is 0 Å². The Bertz CT molecular complexity index is 3690. The van der Waals surface area contributed by atoms with Crippen LogP contribution in [0.1, 0.15) is 56.3 Å². The van der Waals surface area contributed by atoms with Gasteiger partial charge >= 0.3 is 0 Å². The van der Waals surface area contributed by atoms with Gasteiger partial charge in [0.05, 0.1) is 39.3 Å². The van der Waals surface area contributed by atoms with Gasteiger partial charge in [-0.15, -0.1) is 0 Å². The average molecular weight is 850 g/mol. The maximum absolute atomic E-state index is 5.55. The van der Waals surface area contributed by atoms with Gasteiger partial charge in [-0.3, -0.25) is 4.57 Å². The number of fused-ring (bicyclic) bond motifs is 8. The van der Waals surface area contributed by atoms with Crippen LogP contribution in [0.5, 0.6) is 0 Å². The summed E-state index contributed by atoms with van der Waals surface area (Å²) >= 11 is 0. The molecule has 6 aromatic carbocycles. The predicted octanol–water partition coefficient (Wildman–Crippen LogP) is 15.8. The summed E-state index contributed by atoms with van der Waals surface area (Å²) in [4.78, 5) is 16.4. The zero-order valence-corrected chi connectivity index (χ0v) is 36.9. The van der Waals surface area contributed by atoms with Gasteiger partial charge in [-0.05, 0) is 121 Å². The first-order valence-corrected chi connectivity index (χ1v) is 23.5. The molecule has 3 heterocycles. The molecule has 13 rings (SSSR count). The van der Waals surface area contributed by atoms with Gasteiger partial charge in [0.2, 0.25) is 0 Å². The lowest BCUT2D eigenvalue weighted by atomic mass is 9.89. The molecule has 0 saturated heterocycles. The molecule has 0 fully saturated rings. The highest BCUT2D eigenvalue weighted by molar-refractivity contribution is 6.13. The lowest BCUT2D eigenvalue weighted by molar-refractivity contribution is 0.631. The first kappa shape index (κ1) is 38.6. The first-order valence-electron chi connectivity index (χ1n) is 23.5. The van der Waals surface area contributed by atoms with Gasteiger partial charge in [0.1, 0.15) is 11.6 Å². The number of para-hydroxylation sites is 4. The molecule has 0 saturated carbocycles. The van der Waals surface area contributed by atoms with E-state index in [1.807, 2.05) is 0 Å². The summed E-state index contributed by atoms with van der Waals surface area (Å²) in [6.45, 7) is 2.30. The molecular formula is C61H47N5. The lowest BCUT2D eigenvalue weighted by Gasteiger charge is -2.20. The predicted molar refractivity (Wildman–Crippen MR) is 276 cm³/mol. The topological polar surface area (TPSA) is 48.5 Å². The third kappa shape index (κ3) is 6.41. The normalized spacial score (nSPS) is 17.8. The van der Waals surface area contributed by atoms with Crippen LogP contribution in [0.25, 0.3) is 106 Å². The molecule has 9 aromatic rings. The molecule has 316 valence electrons. The molecule has 0 aliphatic heterocycles. The van der Waals surface area contributed by atoms with Crippen molar-refractivity contribution in [2.45, 2.75) is 45.1 Å². The van der Waals surface area contributed by atoms with Gasteiger partial charge in [-0.25, -0.2) is 15.0 Å². The van der Waals surface area contributed by atoms with Crippen molar-refractivity contribution in [2.24, 2.45) is 5.92 Å². The van der Waals surface area contributed by atoms with Crippen LogP contribution in [-0.2, 0) is 0 Å². The maximum atomic E-state index is 5.55. The molecule has 4 aliphatic rings. The van der Waals surface area contributed by atoms with E-state index in [1.165, 1.54) is 49.7 Å². The zero-order chi connectivity index (χ0) is 43.7. The second kappa shape index (κ2) is 15.7. The molecule has 0 radical (unpaired) electrons. The Labute approximate surface area is 384 Å². The minimum atomic E-state index is 0.141. The summed E-state index contributed by atoms with van der Waals surface area (Å²) in [7, 11) is 0. The fourth-order valence-corrected chi connectivity index (χ4v) is 10.9. The van der Waals surface area contributed by atoms with Crippen LogP contribution in [0, 0.1) is 5.92 Å². The van der Waals surface area contributed by atoms with Gasteiger partial charge in [-0.2, -0.15) is 0 Å². The molecule has 3 aromatic heterocycles. The Hall–Kier alpha value is -7.89. The Kier molecular flexibility index (Phi) is 9.16. The van der Waals surface area contributed by atoms with E-state index in [0.29, 0.717) is 5.92 Å². The van der Waals surface area contributed by atoms with E-state index in [-0.39, 0.29) is 6.04 Å². The Morgan fingerprint density at radius 1 is 0.606 bits per heavy atom. The lowest BCUT2D eigenvalue weighted by Crippen LogP contribution is -2.09. The minimum Gasteiger partial charge on any atom is -0.317 e. The maximum Gasteiger partial charge on any atom is 0.145 e. The number of benzene rings is 6. The van der Waals surface area contributed by atoms with Crippen molar-refractivity contribution in [3.63, 3.8) is 0 Å². The molecule has 0 amide bonds. The van der Waals surface area contributed by atoms with Crippen LogP contribution in [0.2, 0.25) is 0 Å². The number of aromatic nitrogens is 5. The fourth-order valence-electron chi connectivity index (χ4n) is 10.9. The van der Waals surface area contributed by atoms with Crippen molar-refractivity contribution < 1.29 is 0 Å². The van der Waals surface area contributed by atoms with Gasteiger partial charge in [0, 0.05) is 38.7 Å². The molecule has 4 aliphatic carbocycles. The van der Waals surface area contributed by atoms with Crippen LogP contribution >= 0.6 is 0 Å².